The molecular weight excluding hydrogens is 372 g/mol. The lowest BCUT2D eigenvalue weighted by molar-refractivity contribution is -0.118. The molecule has 0 unspecified atom stereocenters. The number of rotatable bonds is 5. The maximum Gasteiger partial charge on any atom is 0.332 e. The Kier molecular flexibility index (Phi) is 4.73. The fourth-order valence-corrected chi connectivity index (χ4v) is 4.00. The van der Waals surface area contributed by atoms with Crippen LogP contribution >= 0.6 is 0 Å². The Morgan fingerprint density at radius 1 is 1.21 bits per heavy atom. The number of fused-ring (bicyclic) bond motifs is 3. The number of hydrogen-bond donors (Lipinski definition) is 1. The highest BCUT2D eigenvalue weighted by atomic mass is 16.2. The average Bonchev–Trinajstić information content (AvgIpc) is 3.08. The van der Waals surface area contributed by atoms with E-state index >= 15 is 0 Å². The van der Waals surface area contributed by atoms with Crippen LogP contribution in [0.2, 0.25) is 0 Å². The summed E-state index contributed by atoms with van der Waals surface area (Å²) in [5.41, 5.74) is 5.99. The smallest absolute Gasteiger partial charge is 0.332 e. The summed E-state index contributed by atoms with van der Waals surface area (Å²) in [6, 6.07) is 10.2. The average molecular weight is 396 g/mol. The monoisotopic (exact) mass is 396 g/mol. The van der Waals surface area contributed by atoms with E-state index in [4.69, 9.17) is 5.73 Å². The van der Waals surface area contributed by atoms with Crippen LogP contribution in [0.1, 0.15) is 12.5 Å². The topological polar surface area (TPSA) is 108 Å². The van der Waals surface area contributed by atoms with Crippen LogP contribution in [-0.4, -0.2) is 37.7 Å². The Labute approximate surface area is 167 Å². The van der Waals surface area contributed by atoms with Crippen molar-refractivity contribution in [2.75, 3.05) is 18.0 Å². The van der Waals surface area contributed by atoms with Crippen molar-refractivity contribution in [1.29, 1.82) is 0 Å². The molecule has 4 rings (SSSR count). The van der Waals surface area contributed by atoms with Gasteiger partial charge in [-0.25, -0.2) is 9.36 Å². The van der Waals surface area contributed by atoms with Crippen molar-refractivity contribution in [2.45, 2.75) is 26.4 Å². The van der Waals surface area contributed by atoms with Crippen molar-refractivity contribution < 1.29 is 4.79 Å². The van der Waals surface area contributed by atoms with Crippen LogP contribution in [0.15, 0.2) is 39.9 Å². The highest BCUT2D eigenvalue weighted by Crippen LogP contribution is 2.26. The molecule has 29 heavy (non-hydrogen) atoms. The Bertz CT molecular complexity index is 1190. The second kappa shape index (κ2) is 7.23. The summed E-state index contributed by atoms with van der Waals surface area (Å²) in [4.78, 5) is 43.7. The van der Waals surface area contributed by atoms with Crippen LogP contribution in [0.25, 0.3) is 11.2 Å². The molecule has 0 fully saturated rings. The number of hydrogen-bond acceptors (Lipinski definition) is 5. The van der Waals surface area contributed by atoms with Gasteiger partial charge < -0.3 is 15.2 Å². The van der Waals surface area contributed by atoms with Crippen molar-refractivity contribution >= 4 is 23.0 Å². The van der Waals surface area contributed by atoms with E-state index in [0.29, 0.717) is 29.6 Å². The van der Waals surface area contributed by atoms with Crippen LogP contribution < -0.4 is 21.9 Å². The molecule has 3 heterocycles. The van der Waals surface area contributed by atoms with Crippen LogP contribution in [0, 0.1) is 5.92 Å². The number of imidazole rings is 1. The summed E-state index contributed by atoms with van der Waals surface area (Å²) in [6.45, 7) is 3.86. The van der Waals surface area contributed by atoms with Gasteiger partial charge in [0.15, 0.2) is 11.2 Å². The Morgan fingerprint density at radius 3 is 2.62 bits per heavy atom. The van der Waals surface area contributed by atoms with Gasteiger partial charge in [-0.3, -0.25) is 14.2 Å². The van der Waals surface area contributed by atoms with Crippen LogP contribution in [0.4, 0.5) is 5.95 Å². The molecule has 0 spiro atoms. The number of nitrogens with two attached hydrogens (primary N) is 1. The second-order valence-electron chi connectivity index (χ2n) is 7.68. The van der Waals surface area contributed by atoms with Gasteiger partial charge in [-0.15, -0.1) is 0 Å². The predicted octanol–water partition coefficient (Wildman–Crippen LogP) is 0.0808. The van der Waals surface area contributed by atoms with Crippen molar-refractivity contribution in [3.05, 3.63) is 56.7 Å². The maximum atomic E-state index is 13.0. The summed E-state index contributed by atoms with van der Waals surface area (Å²) >= 11 is 0. The standard InChI is InChI=1S/C20H24N6O3/c1-13-10-24(9-8-14-6-4-3-5-7-14)19-22-17-16(25(19)11-13)18(28)26(12-15(21)27)20(29)23(17)2/h3-7,13H,8-12H2,1-2H3,(H2,21,27)/t13-/m1/s1. The van der Waals surface area contributed by atoms with Crippen molar-refractivity contribution in [3.8, 4) is 0 Å². The van der Waals surface area contributed by atoms with Crippen molar-refractivity contribution in [3.63, 3.8) is 0 Å². The first-order valence-corrected chi connectivity index (χ1v) is 9.64. The van der Waals surface area contributed by atoms with Crippen LogP contribution in [0.5, 0.6) is 0 Å². The minimum Gasteiger partial charge on any atom is -0.368 e. The van der Waals surface area contributed by atoms with E-state index in [-0.39, 0.29) is 0 Å². The Hall–Kier alpha value is -3.36. The molecule has 2 N–H and O–H groups in total. The zero-order valence-electron chi connectivity index (χ0n) is 16.5. The van der Waals surface area contributed by atoms with Gasteiger partial charge in [0.25, 0.3) is 5.56 Å². The Balaban J connectivity index is 1.81. The lowest BCUT2D eigenvalue weighted by atomic mass is 10.1. The van der Waals surface area contributed by atoms with E-state index in [1.165, 1.54) is 10.1 Å². The number of anilines is 1. The van der Waals surface area contributed by atoms with Gasteiger partial charge in [0, 0.05) is 26.7 Å². The summed E-state index contributed by atoms with van der Waals surface area (Å²) in [5, 5.41) is 0. The third kappa shape index (κ3) is 3.32. The van der Waals surface area contributed by atoms with Crippen molar-refractivity contribution in [1.82, 2.24) is 18.7 Å². The summed E-state index contributed by atoms with van der Waals surface area (Å²) in [7, 11) is 1.55. The quantitative estimate of drug-likeness (QED) is 0.657. The molecule has 0 saturated heterocycles. The molecule has 0 saturated carbocycles. The molecule has 1 atom stereocenters. The zero-order chi connectivity index (χ0) is 20.7. The van der Waals surface area contributed by atoms with E-state index in [2.05, 4.69) is 28.9 Å². The number of nitrogens with zero attached hydrogens (tertiary/aromatic N) is 5. The normalized spacial score (nSPS) is 16.2. The van der Waals surface area contributed by atoms with E-state index in [1.807, 2.05) is 22.8 Å². The number of carbonyl (C=O) groups is 1. The predicted molar refractivity (Wildman–Crippen MR) is 110 cm³/mol. The van der Waals surface area contributed by atoms with Gasteiger partial charge in [-0.2, -0.15) is 4.98 Å². The van der Waals surface area contributed by atoms with Crippen LogP contribution in [-0.2, 0) is 31.4 Å². The molecule has 0 radical (unpaired) electrons. The van der Waals surface area contributed by atoms with Gasteiger partial charge >= 0.3 is 5.69 Å². The first-order valence-electron chi connectivity index (χ1n) is 9.64. The first-order chi connectivity index (χ1) is 13.9. The zero-order valence-corrected chi connectivity index (χ0v) is 16.5. The molecule has 9 nitrogen and oxygen atoms in total. The van der Waals surface area contributed by atoms with E-state index in [9.17, 15) is 14.4 Å². The van der Waals surface area contributed by atoms with E-state index < -0.39 is 23.7 Å². The maximum absolute atomic E-state index is 13.0. The summed E-state index contributed by atoms with van der Waals surface area (Å²) in [6.07, 6.45) is 0.849. The molecule has 1 aliphatic heterocycles. The Morgan fingerprint density at radius 2 is 1.93 bits per heavy atom. The van der Waals surface area contributed by atoms with Crippen molar-refractivity contribution in [2.24, 2.45) is 18.7 Å². The molecular formula is C20H24N6O3. The molecule has 0 aliphatic carbocycles. The third-order valence-electron chi connectivity index (χ3n) is 5.35. The minimum absolute atomic E-state index is 0.303. The van der Waals surface area contributed by atoms with Gasteiger partial charge in [0.05, 0.1) is 0 Å². The molecule has 1 aromatic carbocycles. The SMILES string of the molecule is C[C@@H]1CN(CCc2ccccc2)c2nc3c(c(=O)n(CC(N)=O)c(=O)n3C)n2C1. The number of amides is 1. The number of benzene rings is 1. The fraction of sp³-hybridized carbons (Fsp3) is 0.400. The minimum atomic E-state index is -0.736. The van der Waals surface area contributed by atoms with Gasteiger partial charge in [0.1, 0.15) is 6.54 Å². The number of aryl methyl sites for hydroxylation is 1. The lowest BCUT2D eigenvalue weighted by Gasteiger charge is -2.33. The molecule has 2 aromatic heterocycles. The van der Waals surface area contributed by atoms with E-state index in [0.717, 1.165) is 24.1 Å². The largest absolute Gasteiger partial charge is 0.368 e. The number of carbonyl (C=O) groups excluding carboxylic acids is 1. The molecule has 3 aromatic rings. The molecule has 1 aliphatic rings. The molecule has 1 amide bonds. The highest BCUT2D eigenvalue weighted by Gasteiger charge is 2.29. The molecule has 152 valence electrons. The van der Waals surface area contributed by atoms with E-state index in [1.54, 1.807) is 7.05 Å². The van der Waals surface area contributed by atoms with Gasteiger partial charge in [-0.05, 0) is 17.9 Å². The number of aromatic nitrogens is 4. The number of primary amides is 1. The second-order valence-corrected chi connectivity index (χ2v) is 7.68. The van der Waals surface area contributed by atoms with Gasteiger partial charge in [0.2, 0.25) is 11.9 Å². The highest BCUT2D eigenvalue weighted by molar-refractivity contribution is 5.76. The first kappa shape index (κ1) is 19.0. The molecule has 0 bridgehead atoms. The third-order valence-corrected chi connectivity index (χ3v) is 5.35. The summed E-state index contributed by atoms with van der Waals surface area (Å²) < 4.78 is 4.06. The van der Waals surface area contributed by atoms with Gasteiger partial charge in [-0.1, -0.05) is 37.3 Å². The van der Waals surface area contributed by atoms with Crippen LogP contribution in [0.3, 0.4) is 0 Å². The summed E-state index contributed by atoms with van der Waals surface area (Å²) in [5.74, 6) is 0.245. The molecule has 9 heteroatoms. The fourth-order valence-electron chi connectivity index (χ4n) is 4.00. The lowest BCUT2D eigenvalue weighted by Crippen LogP contribution is -2.43.